The van der Waals surface area contributed by atoms with E-state index in [1.54, 1.807) is 69.6 Å². The van der Waals surface area contributed by atoms with Gasteiger partial charge in [-0.25, -0.2) is 19.4 Å². The Morgan fingerprint density at radius 3 is 1.57 bits per heavy atom. The van der Waals surface area contributed by atoms with Crippen LogP contribution in [-0.4, -0.2) is 138 Å². The molecule has 1 heterocycles. The third kappa shape index (κ3) is 27.9. The van der Waals surface area contributed by atoms with Gasteiger partial charge in [0.25, 0.3) is 5.56 Å². The van der Waals surface area contributed by atoms with Gasteiger partial charge in [-0.15, -0.1) is 0 Å². The fourth-order valence-corrected chi connectivity index (χ4v) is 6.72. The summed E-state index contributed by atoms with van der Waals surface area (Å²) in [6.07, 6.45) is 2.27. The lowest BCUT2D eigenvalue weighted by atomic mass is 10.1. The predicted octanol–water partition coefficient (Wildman–Crippen LogP) is 6.92. The van der Waals surface area contributed by atoms with E-state index in [1.807, 2.05) is 74.5 Å². The van der Waals surface area contributed by atoms with E-state index < -0.39 is 52.8 Å². The molecule has 3 aromatic rings. The molecular weight excluding hydrogens is 993 g/mol. The van der Waals surface area contributed by atoms with Crippen LogP contribution in [-0.2, 0) is 75.2 Å². The van der Waals surface area contributed by atoms with Crippen molar-refractivity contribution in [2.75, 3.05) is 47.6 Å². The summed E-state index contributed by atoms with van der Waals surface area (Å²) in [5, 5.41) is 13.8. The number of hydrogen-bond donors (Lipinski definition) is 3. The number of esters is 1. The van der Waals surface area contributed by atoms with Crippen LogP contribution < -0.4 is 11.3 Å². The van der Waals surface area contributed by atoms with E-state index >= 15 is 0 Å². The average molecular weight is 1070 g/mol. The number of amides is 2. The van der Waals surface area contributed by atoms with Crippen LogP contribution in [0.2, 0.25) is 0 Å². The molecule has 0 saturated heterocycles. The summed E-state index contributed by atoms with van der Waals surface area (Å²) in [4.78, 5) is 97.6. The molecule has 0 aliphatic rings. The van der Waals surface area contributed by atoms with Gasteiger partial charge in [0.15, 0.2) is 5.84 Å². The minimum atomic E-state index is -0.694. The second-order valence-corrected chi connectivity index (χ2v) is 18.2. The number of amidine groups is 1. The zero-order chi connectivity index (χ0) is 57.9. The number of aryl methyl sites for hydroxylation is 1. The van der Waals surface area contributed by atoms with Crippen LogP contribution in [0.1, 0.15) is 117 Å². The molecule has 0 saturated carbocycles. The lowest BCUT2D eigenvalue weighted by Crippen LogP contribution is -2.50. The van der Waals surface area contributed by atoms with Gasteiger partial charge in [-0.1, -0.05) is 65.8 Å². The van der Waals surface area contributed by atoms with E-state index in [0.717, 1.165) is 11.1 Å². The highest BCUT2D eigenvalue weighted by atomic mass is 16.7. The van der Waals surface area contributed by atoms with Crippen LogP contribution in [0.4, 0.5) is 9.59 Å². The van der Waals surface area contributed by atoms with Crippen LogP contribution >= 0.6 is 0 Å². The van der Waals surface area contributed by atoms with Gasteiger partial charge in [-0.3, -0.25) is 14.6 Å². The average Bonchev–Trinajstić information content (AvgIpc) is 3.36. The monoisotopic (exact) mass is 1070 g/mol. The Bertz CT molecular complexity index is 2330. The number of aromatic hydroxyl groups is 1. The third-order valence-electron chi connectivity index (χ3n) is 10.4. The van der Waals surface area contributed by atoms with Crippen LogP contribution in [0.5, 0.6) is 5.75 Å². The SMILES string of the molecule is CC=C(ON=C(N)C(CC[C@@H](COCc1ccccc1)OC)N(CC)C(=O)OC(C)(C)C)C(=O)OC.CCN(C(=O)OC(C)(C)C)C(CC[C@@H](COCc1ccccc1)OC)c1nc(C)c(O)c(=O)[nH]1.O=C=O.O=C=O. The fourth-order valence-electron chi connectivity index (χ4n) is 6.72. The largest absolute Gasteiger partial charge is 0.502 e. The topological polar surface area (TPSA) is 304 Å². The van der Waals surface area contributed by atoms with Crippen molar-refractivity contribution < 1.29 is 76.7 Å². The van der Waals surface area contributed by atoms with E-state index in [4.69, 9.17) is 58.2 Å². The number of H-pyrrole nitrogens is 1. The summed E-state index contributed by atoms with van der Waals surface area (Å²) < 4.78 is 38.7. The molecule has 0 aliphatic heterocycles. The third-order valence-corrected chi connectivity index (χ3v) is 10.4. The summed E-state index contributed by atoms with van der Waals surface area (Å²) in [6, 6.07) is 18.4. The van der Waals surface area contributed by atoms with Crippen molar-refractivity contribution in [1.29, 1.82) is 0 Å². The summed E-state index contributed by atoms with van der Waals surface area (Å²) in [5.41, 5.74) is 6.57. The van der Waals surface area contributed by atoms with Crippen molar-refractivity contribution in [3.05, 3.63) is 105 Å². The van der Waals surface area contributed by atoms with Crippen molar-refractivity contribution in [2.45, 2.75) is 144 Å². The second kappa shape index (κ2) is 37.5. The minimum Gasteiger partial charge on any atom is -0.502 e. The van der Waals surface area contributed by atoms with Crippen LogP contribution in [0.15, 0.2) is 82.4 Å². The lowest BCUT2D eigenvalue weighted by molar-refractivity contribution is -0.193. The van der Waals surface area contributed by atoms with Gasteiger partial charge in [-0.05, 0) is 112 Å². The molecule has 0 bridgehead atoms. The molecule has 2 aromatic carbocycles. The number of rotatable bonds is 25. The number of aromatic nitrogens is 2. The van der Waals surface area contributed by atoms with Gasteiger partial charge in [0, 0.05) is 27.3 Å². The number of hydrogen-bond acceptors (Lipinski definition) is 19. The highest BCUT2D eigenvalue weighted by Gasteiger charge is 2.33. The Morgan fingerprint density at radius 1 is 0.750 bits per heavy atom. The smallest absolute Gasteiger partial charge is 0.410 e. The molecular formula is C53H78N6O17. The van der Waals surface area contributed by atoms with E-state index in [2.05, 4.69) is 19.9 Å². The number of methoxy groups -OCH3 is 3. The molecule has 422 valence electrons. The Hall–Kier alpha value is -7.26. The second-order valence-electron chi connectivity index (χ2n) is 18.2. The normalized spacial score (nSPS) is 12.9. The molecule has 4 atom stereocenters. The molecule has 23 heteroatoms. The van der Waals surface area contributed by atoms with Crippen molar-refractivity contribution in [3.8, 4) is 5.75 Å². The first-order chi connectivity index (χ1) is 35.9. The first-order valence-corrected chi connectivity index (χ1v) is 24.3. The molecule has 23 nitrogen and oxygen atoms in total. The number of nitrogens with two attached hydrogens (primary N) is 1. The number of allylic oxidation sites excluding steroid dienone is 1. The number of benzene rings is 2. The Labute approximate surface area is 445 Å². The van der Waals surface area contributed by atoms with Gasteiger partial charge in [-0.2, -0.15) is 19.2 Å². The number of nitrogens with one attached hydrogen (secondary N) is 1. The van der Waals surface area contributed by atoms with Crippen molar-refractivity contribution in [1.82, 2.24) is 19.8 Å². The molecule has 2 amide bonds. The minimum absolute atomic E-state index is 0.00557. The van der Waals surface area contributed by atoms with Crippen molar-refractivity contribution in [3.63, 3.8) is 0 Å². The summed E-state index contributed by atoms with van der Waals surface area (Å²) in [7, 11) is 4.45. The van der Waals surface area contributed by atoms with E-state index in [1.165, 1.54) is 23.0 Å². The van der Waals surface area contributed by atoms with Crippen LogP contribution in [0.3, 0.4) is 0 Å². The number of carbonyl (C=O) groups excluding carboxylic acids is 7. The zero-order valence-corrected chi connectivity index (χ0v) is 46.1. The van der Waals surface area contributed by atoms with E-state index in [-0.39, 0.29) is 47.6 Å². The Balaban J connectivity index is 0.00000134. The number of carbonyl (C=O) groups is 3. The fraction of sp³-hybridized carbons (Fsp3) is 0.547. The van der Waals surface area contributed by atoms with E-state index in [0.29, 0.717) is 65.2 Å². The molecule has 0 spiro atoms. The molecule has 1 aromatic heterocycles. The molecule has 0 radical (unpaired) electrons. The maximum absolute atomic E-state index is 13.0. The van der Waals surface area contributed by atoms with Gasteiger partial charge in [0.05, 0.1) is 63.5 Å². The zero-order valence-electron chi connectivity index (χ0n) is 46.1. The number of aromatic amines is 1. The first kappa shape index (κ1) is 68.7. The molecule has 2 unspecified atom stereocenters. The van der Waals surface area contributed by atoms with E-state index in [9.17, 15) is 24.3 Å². The maximum Gasteiger partial charge on any atom is 0.410 e. The summed E-state index contributed by atoms with van der Waals surface area (Å²) in [6.45, 7) is 19.8. The van der Waals surface area contributed by atoms with Gasteiger partial charge in [0.1, 0.15) is 17.0 Å². The van der Waals surface area contributed by atoms with Crippen LogP contribution in [0, 0.1) is 6.92 Å². The molecule has 0 fully saturated rings. The number of nitrogens with zero attached hydrogens (tertiary/aromatic N) is 4. The number of oxime groups is 1. The van der Waals surface area contributed by atoms with Gasteiger partial charge < -0.3 is 53.8 Å². The Morgan fingerprint density at radius 2 is 1.18 bits per heavy atom. The quantitative estimate of drug-likeness (QED) is 0.0147. The molecule has 4 N–H and O–H groups in total. The van der Waals surface area contributed by atoms with Crippen LogP contribution in [0.25, 0.3) is 0 Å². The summed E-state index contributed by atoms with van der Waals surface area (Å²) >= 11 is 0. The van der Waals surface area contributed by atoms with Gasteiger partial charge in [0.2, 0.25) is 11.5 Å². The Kier molecular flexibility index (Phi) is 33.9. The predicted molar refractivity (Wildman–Crippen MR) is 276 cm³/mol. The first-order valence-electron chi connectivity index (χ1n) is 24.3. The molecule has 0 aliphatic carbocycles. The lowest BCUT2D eigenvalue weighted by Gasteiger charge is -2.33. The van der Waals surface area contributed by atoms with Gasteiger partial charge >= 0.3 is 30.5 Å². The highest BCUT2D eigenvalue weighted by molar-refractivity contribution is 5.89. The standard InChI is InChI=1S/C26H41N3O7.C25H37N3O6.2CO2/c1-8-22(24(30)33-7)36-28-23(27)21(29(9-2)25(31)35-26(3,4)5)16-15-20(32-6)18-34-17-19-13-11-10-12-14-19;1-7-28(24(31)34-25(3,4)5)20(22-26-17(2)21(29)23(30)27-22)14-13-19(32-6)16-33-15-18-11-9-8-10-12-18;2*2-1-3/h8,10-14,20-21H,9,15-18H2,1-7H3,(H2,27,28);8-12,19-20,29H,7,13-16H2,1-6H3,(H,26,27,30);;/t20-,21?;19-,20?;;/m00../s1. The molecule has 3 rings (SSSR count). The maximum atomic E-state index is 13.0. The summed E-state index contributed by atoms with van der Waals surface area (Å²) in [5.74, 6) is -0.963. The molecule has 76 heavy (non-hydrogen) atoms. The number of ether oxygens (including phenoxy) is 7. The number of likely N-dealkylation sites (N-methyl/N-ethyl adjacent to an activating group) is 1. The van der Waals surface area contributed by atoms with Crippen molar-refractivity contribution >= 4 is 36.3 Å². The van der Waals surface area contributed by atoms with Crippen molar-refractivity contribution in [2.24, 2.45) is 10.9 Å². The highest BCUT2D eigenvalue weighted by Crippen LogP contribution is 2.27.